The van der Waals surface area contributed by atoms with E-state index in [2.05, 4.69) is 16.0 Å². The molecule has 1 rings (SSSR count). The fraction of sp³-hybridized carbons (Fsp3) is 0.877. The third-order valence-electron chi connectivity index (χ3n) is 13.8. The second kappa shape index (κ2) is 48.6. The van der Waals surface area contributed by atoms with Crippen LogP contribution in [0.25, 0.3) is 0 Å². The Morgan fingerprint density at radius 1 is 0.487 bits per heavy atom. The predicted molar refractivity (Wildman–Crippen MR) is 300 cm³/mol. The van der Waals surface area contributed by atoms with Crippen LogP contribution >= 0.6 is 7.60 Å². The Kier molecular flexibility index (Phi) is 45.5. The smallest absolute Gasteiger partial charge is 0.330 e. The number of nitrogens with one attached hydrogen (secondary N) is 3. The number of unbranched alkanes of at least 4 members (excludes halogenated alkanes) is 8. The van der Waals surface area contributed by atoms with Crippen LogP contribution in [0, 0.1) is 5.92 Å². The summed E-state index contributed by atoms with van der Waals surface area (Å²) < 4.78 is 49.2. The summed E-state index contributed by atoms with van der Waals surface area (Å²) in [7, 11) is 1.13. The lowest BCUT2D eigenvalue weighted by Gasteiger charge is -2.30. The van der Waals surface area contributed by atoms with Crippen LogP contribution in [0.5, 0.6) is 0 Å². The van der Waals surface area contributed by atoms with Crippen molar-refractivity contribution in [2.45, 2.75) is 205 Å². The van der Waals surface area contributed by atoms with Gasteiger partial charge in [0.25, 0.3) is 0 Å². The van der Waals surface area contributed by atoms with E-state index in [0.29, 0.717) is 233 Å². The normalized spacial score (nSPS) is 15.7. The van der Waals surface area contributed by atoms with Crippen molar-refractivity contribution in [1.82, 2.24) is 20.9 Å². The van der Waals surface area contributed by atoms with Gasteiger partial charge < -0.3 is 53.8 Å². The highest BCUT2D eigenvalue weighted by molar-refractivity contribution is 7.53. The summed E-state index contributed by atoms with van der Waals surface area (Å²) in [6.07, 6.45) is 15.4. The largest absolute Gasteiger partial charge is 0.382 e. The van der Waals surface area contributed by atoms with Gasteiger partial charge in [-0.05, 0) is 96.3 Å². The van der Waals surface area contributed by atoms with E-state index in [4.69, 9.17) is 32.9 Å². The van der Waals surface area contributed by atoms with Gasteiger partial charge in [0.15, 0.2) is 0 Å². The van der Waals surface area contributed by atoms with Gasteiger partial charge in [0.05, 0.1) is 70.5 Å². The molecular formula is C57H105N4O16P. The van der Waals surface area contributed by atoms with Crippen LogP contribution in [0.4, 0.5) is 0 Å². The first-order valence-corrected chi connectivity index (χ1v) is 31.1. The molecule has 0 spiro atoms. The molecule has 1 saturated carbocycles. The van der Waals surface area contributed by atoms with Crippen LogP contribution in [-0.2, 0) is 71.1 Å². The highest BCUT2D eigenvalue weighted by Crippen LogP contribution is 2.50. The number of amides is 3. The summed E-state index contributed by atoms with van der Waals surface area (Å²) in [6, 6.07) is -0.832. The zero-order chi connectivity index (χ0) is 57.5. The first-order chi connectivity index (χ1) is 37.6. The van der Waals surface area contributed by atoms with Gasteiger partial charge in [0, 0.05) is 112 Å². The van der Waals surface area contributed by atoms with Crippen LogP contribution in [-0.4, -0.2) is 182 Å². The van der Waals surface area contributed by atoms with Crippen molar-refractivity contribution in [3.63, 3.8) is 0 Å². The van der Waals surface area contributed by atoms with Crippen LogP contribution in [0.3, 0.4) is 0 Å². The molecule has 2 unspecified atom stereocenters. The van der Waals surface area contributed by atoms with Gasteiger partial charge in [-0.15, -0.1) is 0 Å². The van der Waals surface area contributed by atoms with E-state index in [1.165, 1.54) is 0 Å². The van der Waals surface area contributed by atoms with E-state index in [-0.39, 0.29) is 66.0 Å². The third-order valence-corrected chi connectivity index (χ3v) is 15.7. The molecule has 0 aromatic carbocycles. The zero-order valence-corrected chi connectivity index (χ0v) is 49.7. The SMILES string of the molecule is COCCOCCCC(=O)CCCCCNC(=O)CN(CC(=O)NCCCCCC(=O)CCCOCCOC)C(CCCCCC(=O)C1CCC(OP(=O)(O)C(C)C)CC1)C(=O)NCCCCCC(=O)CCCOCCOC. The second-order valence-electron chi connectivity index (χ2n) is 20.9. The fourth-order valence-electron chi connectivity index (χ4n) is 8.96. The zero-order valence-electron chi connectivity index (χ0n) is 48.8. The third kappa shape index (κ3) is 40.2. The lowest BCUT2D eigenvalue weighted by Crippen LogP contribution is -2.53. The lowest BCUT2D eigenvalue weighted by atomic mass is 9.83. The molecule has 0 saturated heterocycles. The number of ether oxygens (including phenoxy) is 6. The molecule has 1 aliphatic rings. The van der Waals surface area contributed by atoms with Gasteiger partial charge in [-0.2, -0.15) is 0 Å². The maximum absolute atomic E-state index is 14.2. The van der Waals surface area contributed by atoms with E-state index < -0.39 is 19.3 Å². The van der Waals surface area contributed by atoms with Crippen molar-refractivity contribution < 1.29 is 76.0 Å². The summed E-state index contributed by atoms with van der Waals surface area (Å²) in [4.78, 5) is 104. The maximum atomic E-state index is 14.2. The molecule has 0 aliphatic heterocycles. The average Bonchev–Trinajstić information content (AvgIpc) is 3.40. The molecule has 0 heterocycles. The number of methoxy groups -OCH3 is 3. The Balaban J connectivity index is 2.97. The summed E-state index contributed by atoms with van der Waals surface area (Å²) in [5, 5.41) is 8.96. The summed E-state index contributed by atoms with van der Waals surface area (Å²) >= 11 is 0. The molecule has 0 radical (unpaired) electrons. The number of hydrogen-bond acceptors (Lipinski definition) is 16. The van der Waals surface area contributed by atoms with E-state index in [9.17, 15) is 43.0 Å². The molecule has 1 aliphatic carbocycles. The van der Waals surface area contributed by atoms with Crippen molar-refractivity contribution in [2.75, 3.05) is 114 Å². The van der Waals surface area contributed by atoms with Gasteiger partial charge in [0.2, 0.25) is 17.7 Å². The molecular weight excluding hydrogens is 1030 g/mol. The van der Waals surface area contributed by atoms with Gasteiger partial charge >= 0.3 is 7.60 Å². The molecule has 1 fully saturated rings. The Bertz CT molecular complexity index is 1610. The summed E-state index contributed by atoms with van der Waals surface area (Å²) in [6.45, 7) is 8.55. The number of nitrogens with zero attached hydrogens (tertiary/aromatic N) is 1. The van der Waals surface area contributed by atoms with Crippen molar-refractivity contribution in [3.05, 3.63) is 0 Å². The Morgan fingerprint density at radius 2 is 0.872 bits per heavy atom. The highest BCUT2D eigenvalue weighted by atomic mass is 31.2. The Labute approximate surface area is 468 Å². The number of ketones is 4. The predicted octanol–water partition coefficient (Wildman–Crippen LogP) is 7.41. The molecule has 78 heavy (non-hydrogen) atoms. The van der Waals surface area contributed by atoms with Gasteiger partial charge in [0.1, 0.15) is 23.1 Å². The van der Waals surface area contributed by atoms with E-state index in [1.807, 2.05) is 0 Å². The van der Waals surface area contributed by atoms with E-state index in [0.717, 1.165) is 19.3 Å². The monoisotopic (exact) mass is 1130 g/mol. The molecule has 2 atom stereocenters. The van der Waals surface area contributed by atoms with E-state index in [1.54, 1.807) is 40.1 Å². The van der Waals surface area contributed by atoms with Gasteiger partial charge in [-0.1, -0.05) is 46.0 Å². The Hall–Kier alpha value is -3.04. The molecule has 20 nitrogen and oxygen atoms in total. The highest BCUT2D eigenvalue weighted by Gasteiger charge is 2.33. The lowest BCUT2D eigenvalue weighted by molar-refractivity contribution is -0.132. The standard InChI is InChI=1S/C57H105N4O16P/c1-47(2)78(69,70)77-52-31-29-48(30-32-52)54(65)28-14-6-13-27-53(57(68)60-35-17-9-12-23-51(64)26-20-38-76-44-41-73-5)61(45-55(66)58-33-15-7-10-21-49(62)24-18-36-74-42-39-71-3)46-56(67)59-34-16-8-11-22-50(63)25-19-37-75-43-40-72-4/h47-48,52-53H,6-46H2,1-5H3,(H,58,66)(H,59,67)(H,60,68)(H,69,70). The molecule has 21 heteroatoms. The minimum atomic E-state index is -3.70. The number of hydrogen-bond donors (Lipinski definition) is 4. The van der Waals surface area contributed by atoms with Crippen molar-refractivity contribution >= 4 is 48.5 Å². The first kappa shape index (κ1) is 73.0. The number of rotatable bonds is 55. The van der Waals surface area contributed by atoms with Crippen LogP contribution in [0.1, 0.15) is 187 Å². The number of carbonyl (C=O) groups excluding carboxylic acids is 7. The molecule has 0 bridgehead atoms. The first-order valence-electron chi connectivity index (χ1n) is 29.5. The molecule has 454 valence electrons. The Morgan fingerprint density at radius 3 is 1.28 bits per heavy atom. The minimum absolute atomic E-state index is 0.133. The van der Waals surface area contributed by atoms with Crippen molar-refractivity contribution in [2.24, 2.45) is 5.92 Å². The molecule has 0 aromatic heterocycles. The topological polar surface area (TPSA) is 261 Å². The second-order valence-corrected chi connectivity index (χ2v) is 23.3. The fourth-order valence-corrected chi connectivity index (χ4v) is 9.84. The molecule has 4 N–H and O–H groups in total. The molecule has 3 amide bonds. The van der Waals surface area contributed by atoms with Crippen LogP contribution < -0.4 is 16.0 Å². The average molecular weight is 1130 g/mol. The van der Waals surface area contributed by atoms with Crippen LogP contribution in [0.2, 0.25) is 0 Å². The summed E-state index contributed by atoms with van der Waals surface area (Å²) in [5.74, 6) is -0.431. The van der Waals surface area contributed by atoms with Crippen molar-refractivity contribution in [3.8, 4) is 0 Å². The molecule has 0 aromatic rings. The van der Waals surface area contributed by atoms with Gasteiger partial charge in [-0.25, -0.2) is 0 Å². The summed E-state index contributed by atoms with van der Waals surface area (Å²) in [5.41, 5.74) is -0.497. The number of Topliss-reactive ketones (excluding diaryl/α,β-unsaturated/α-hetero) is 4. The maximum Gasteiger partial charge on any atom is 0.330 e. The van der Waals surface area contributed by atoms with Gasteiger partial charge in [-0.3, -0.25) is 43.0 Å². The minimum Gasteiger partial charge on any atom is -0.382 e. The quantitative estimate of drug-likeness (QED) is 0.0341. The van der Waals surface area contributed by atoms with Crippen molar-refractivity contribution in [1.29, 1.82) is 0 Å². The van der Waals surface area contributed by atoms with E-state index >= 15 is 0 Å². The van der Waals surface area contributed by atoms with Crippen LogP contribution in [0.15, 0.2) is 0 Å². The number of carbonyl (C=O) groups is 7.